The number of fused-ring (bicyclic) bond motifs is 1. The lowest BCUT2D eigenvalue weighted by Gasteiger charge is -2.37. The predicted molar refractivity (Wildman–Crippen MR) is 147 cm³/mol. The van der Waals surface area contributed by atoms with Crippen LogP contribution in [0.3, 0.4) is 0 Å². The zero-order valence-corrected chi connectivity index (χ0v) is 23.1. The van der Waals surface area contributed by atoms with Crippen molar-refractivity contribution in [3.05, 3.63) is 53.6 Å². The molecule has 8 nitrogen and oxygen atoms in total. The molecule has 2 saturated heterocycles. The molecule has 3 aliphatic heterocycles. The van der Waals surface area contributed by atoms with Crippen LogP contribution in [0.25, 0.3) is 11.1 Å². The summed E-state index contributed by atoms with van der Waals surface area (Å²) in [6.07, 6.45) is 3.47. The Morgan fingerprint density at radius 1 is 0.923 bits per heavy atom. The molecule has 0 spiro atoms. The number of amides is 2. The summed E-state index contributed by atoms with van der Waals surface area (Å²) in [5.41, 5.74) is 4.09. The number of nitrogens with zero attached hydrogens (tertiary/aromatic N) is 3. The fraction of sp³-hybridized carbons (Fsp3) is 0.548. The van der Waals surface area contributed by atoms with E-state index in [-0.39, 0.29) is 29.6 Å². The third-order valence-corrected chi connectivity index (χ3v) is 8.79. The van der Waals surface area contributed by atoms with E-state index < -0.39 is 0 Å². The highest BCUT2D eigenvalue weighted by atomic mass is 16.7. The number of ether oxygens (including phenoxy) is 3. The molecular formula is C31H39N3O5. The molecule has 1 saturated carbocycles. The molecule has 1 aliphatic carbocycles. The Kier molecular flexibility index (Phi) is 7.25. The highest BCUT2D eigenvalue weighted by molar-refractivity contribution is 5.94. The van der Waals surface area contributed by atoms with Crippen molar-refractivity contribution in [1.29, 1.82) is 0 Å². The Morgan fingerprint density at radius 3 is 2.31 bits per heavy atom. The average Bonchev–Trinajstić information content (AvgIpc) is 3.72. The molecule has 6 rings (SSSR count). The van der Waals surface area contributed by atoms with Crippen LogP contribution >= 0.6 is 0 Å². The molecule has 0 N–H and O–H groups in total. The van der Waals surface area contributed by atoms with Gasteiger partial charge in [0.15, 0.2) is 0 Å². The average molecular weight is 534 g/mol. The van der Waals surface area contributed by atoms with Crippen molar-refractivity contribution in [3.8, 4) is 16.9 Å². The molecule has 3 fully saturated rings. The summed E-state index contributed by atoms with van der Waals surface area (Å²) in [4.78, 5) is 31.3. The van der Waals surface area contributed by atoms with E-state index in [1.54, 1.807) is 0 Å². The number of piperidine rings is 1. The maximum Gasteiger partial charge on any atom is 0.409 e. The van der Waals surface area contributed by atoms with Gasteiger partial charge in [-0.25, -0.2) is 4.79 Å². The van der Waals surface area contributed by atoms with Crippen molar-refractivity contribution in [2.24, 2.45) is 11.3 Å². The van der Waals surface area contributed by atoms with E-state index in [9.17, 15) is 9.59 Å². The van der Waals surface area contributed by atoms with Gasteiger partial charge in [-0.05, 0) is 68.1 Å². The number of carbonyl (C=O) groups excluding carboxylic acids is 2. The van der Waals surface area contributed by atoms with Gasteiger partial charge < -0.3 is 28.9 Å². The number of hydrogen-bond donors (Lipinski definition) is 0. The smallest absolute Gasteiger partial charge is 0.409 e. The van der Waals surface area contributed by atoms with Crippen LogP contribution in [0.15, 0.2) is 42.5 Å². The van der Waals surface area contributed by atoms with Crippen LogP contribution in [0.4, 0.5) is 4.79 Å². The van der Waals surface area contributed by atoms with E-state index in [4.69, 9.17) is 14.2 Å². The van der Waals surface area contributed by atoms with E-state index in [1.165, 1.54) is 0 Å². The van der Waals surface area contributed by atoms with Gasteiger partial charge in [0.1, 0.15) is 5.75 Å². The van der Waals surface area contributed by atoms with Crippen molar-refractivity contribution in [2.45, 2.75) is 45.5 Å². The number of piperazine rings is 1. The first-order valence-corrected chi connectivity index (χ1v) is 14.3. The Balaban J connectivity index is 1.02. The van der Waals surface area contributed by atoms with Gasteiger partial charge in [-0.3, -0.25) is 4.79 Å². The molecule has 0 bridgehead atoms. The first kappa shape index (κ1) is 26.1. The van der Waals surface area contributed by atoms with Crippen LogP contribution in [-0.4, -0.2) is 85.9 Å². The van der Waals surface area contributed by atoms with E-state index >= 15 is 0 Å². The fourth-order valence-electron chi connectivity index (χ4n) is 5.59. The molecule has 2 aromatic carbocycles. The number of likely N-dealkylation sites (N-methyl/N-ethyl adjacent to an activating group) is 1. The van der Waals surface area contributed by atoms with E-state index in [0.29, 0.717) is 26.3 Å². The minimum Gasteiger partial charge on any atom is -0.464 e. The Morgan fingerprint density at radius 2 is 1.62 bits per heavy atom. The lowest BCUT2D eigenvalue weighted by molar-refractivity contribution is -0.148. The molecule has 0 aromatic heterocycles. The van der Waals surface area contributed by atoms with Crippen molar-refractivity contribution < 1.29 is 23.8 Å². The summed E-state index contributed by atoms with van der Waals surface area (Å²) in [5.74, 6) is 1.20. The molecule has 39 heavy (non-hydrogen) atoms. The maximum atomic E-state index is 12.9. The second kappa shape index (κ2) is 10.8. The van der Waals surface area contributed by atoms with Crippen LogP contribution in [0.5, 0.6) is 5.75 Å². The lowest BCUT2D eigenvalue weighted by atomic mass is 9.95. The quantitative estimate of drug-likeness (QED) is 0.559. The van der Waals surface area contributed by atoms with E-state index in [2.05, 4.69) is 31.0 Å². The van der Waals surface area contributed by atoms with Gasteiger partial charge in [0.05, 0.1) is 13.2 Å². The number of likely N-dealkylation sites (tertiary alicyclic amines) is 1. The van der Waals surface area contributed by atoms with Crippen LogP contribution in [0, 0.1) is 11.3 Å². The molecule has 0 radical (unpaired) electrons. The monoisotopic (exact) mass is 533 g/mol. The van der Waals surface area contributed by atoms with Crippen molar-refractivity contribution >= 4 is 12.0 Å². The second-order valence-electron chi connectivity index (χ2n) is 12.0. The van der Waals surface area contributed by atoms with Crippen LogP contribution < -0.4 is 4.74 Å². The summed E-state index contributed by atoms with van der Waals surface area (Å²) in [6, 6.07) is 14.1. The highest BCUT2D eigenvalue weighted by Gasteiger charge is 2.39. The Labute approximate surface area is 230 Å². The van der Waals surface area contributed by atoms with Crippen molar-refractivity contribution in [3.63, 3.8) is 0 Å². The maximum absolute atomic E-state index is 12.9. The van der Waals surface area contributed by atoms with Gasteiger partial charge in [-0.1, -0.05) is 25.1 Å². The third-order valence-electron chi connectivity index (χ3n) is 8.79. The number of benzene rings is 2. The van der Waals surface area contributed by atoms with Gasteiger partial charge in [0.2, 0.25) is 6.29 Å². The van der Waals surface area contributed by atoms with E-state index in [1.807, 2.05) is 40.1 Å². The molecule has 2 amide bonds. The Bertz CT molecular complexity index is 1200. The highest BCUT2D eigenvalue weighted by Crippen LogP contribution is 2.45. The molecular weight excluding hydrogens is 494 g/mol. The van der Waals surface area contributed by atoms with Gasteiger partial charge >= 0.3 is 6.09 Å². The predicted octanol–water partition coefficient (Wildman–Crippen LogP) is 4.63. The van der Waals surface area contributed by atoms with Crippen LogP contribution in [0.1, 0.15) is 48.5 Å². The van der Waals surface area contributed by atoms with Crippen molar-refractivity contribution in [1.82, 2.24) is 14.7 Å². The van der Waals surface area contributed by atoms with E-state index in [0.717, 1.165) is 79.9 Å². The van der Waals surface area contributed by atoms with Crippen molar-refractivity contribution in [2.75, 3.05) is 52.9 Å². The first-order valence-electron chi connectivity index (χ1n) is 14.3. The molecule has 4 aliphatic rings. The summed E-state index contributed by atoms with van der Waals surface area (Å²) < 4.78 is 18.0. The number of hydrogen-bond acceptors (Lipinski definition) is 6. The molecule has 1 atom stereocenters. The first-order chi connectivity index (χ1) is 18.9. The second-order valence-corrected chi connectivity index (χ2v) is 12.0. The summed E-state index contributed by atoms with van der Waals surface area (Å²) in [6.45, 7) is 7.90. The fourth-order valence-corrected chi connectivity index (χ4v) is 5.59. The lowest BCUT2D eigenvalue weighted by Crippen LogP contribution is -2.47. The minimum absolute atomic E-state index is 0.100. The van der Waals surface area contributed by atoms with Crippen LogP contribution in [-0.2, 0) is 16.1 Å². The molecule has 2 aromatic rings. The third kappa shape index (κ3) is 5.92. The summed E-state index contributed by atoms with van der Waals surface area (Å²) >= 11 is 0. The van der Waals surface area contributed by atoms with Crippen LogP contribution in [0.2, 0.25) is 0 Å². The topological polar surface area (TPSA) is 71.6 Å². The normalized spacial score (nSPS) is 23.1. The standard InChI is InChI=1S/C31H39N3O5/c1-31(11-12-31)21-38-30(36)34-13-9-24(10-14-34)29-37-20-26-19-25(7-8-27(26)39-29)22-3-5-23(6-4-22)28(35)33-17-15-32(2)16-18-33/h3-8,19,24,29H,9-18,20-21H2,1-2H3. The summed E-state index contributed by atoms with van der Waals surface area (Å²) in [7, 11) is 2.09. The molecule has 3 heterocycles. The molecule has 8 heteroatoms. The molecule has 1 unspecified atom stereocenters. The zero-order valence-electron chi connectivity index (χ0n) is 23.1. The zero-order chi connectivity index (χ0) is 27.0. The van der Waals surface area contributed by atoms with Gasteiger partial charge in [-0.15, -0.1) is 0 Å². The largest absolute Gasteiger partial charge is 0.464 e. The molecule has 208 valence electrons. The van der Waals surface area contributed by atoms with Gasteiger partial charge in [0.25, 0.3) is 5.91 Å². The van der Waals surface area contributed by atoms with Gasteiger partial charge in [0, 0.05) is 61.7 Å². The Hall–Kier alpha value is -3.10. The van der Waals surface area contributed by atoms with Gasteiger partial charge in [-0.2, -0.15) is 0 Å². The SMILES string of the molecule is CN1CCN(C(=O)c2ccc(-c3ccc4c(c3)COC(C3CCN(C(=O)OCC5(C)CC5)CC3)O4)cc2)CC1. The number of rotatable bonds is 5. The summed E-state index contributed by atoms with van der Waals surface area (Å²) in [5, 5.41) is 0. The number of carbonyl (C=O) groups is 2. The minimum atomic E-state index is -0.299.